The van der Waals surface area contributed by atoms with Gasteiger partial charge >= 0.3 is 0 Å². The van der Waals surface area contributed by atoms with Crippen molar-refractivity contribution >= 4 is 5.91 Å². The lowest BCUT2D eigenvalue weighted by atomic mass is 9.95. The number of aliphatic hydroxyl groups excluding tert-OH is 1. The van der Waals surface area contributed by atoms with Crippen LogP contribution in [0.2, 0.25) is 0 Å². The van der Waals surface area contributed by atoms with E-state index in [4.69, 9.17) is 5.73 Å². The molecule has 18 heavy (non-hydrogen) atoms. The molecule has 0 aromatic carbocycles. The first kappa shape index (κ1) is 15.4. The van der Waals surface area contributed by atoms with E-state index < -0.39 is 6.10 Å². The second kappa shape index (κ2) is 7.74. The first-order chi connectivity index (χ1) is 8.54. The van der Waals surface area contributed by atoms with Gasteiger partial charge in [0.1, 0.15) is 0 Å². The van der Waals surface area contributed by atoms with Gasteiger partial charge in [-0.05, 0) is 25.2 Å². The van der Waals surface area contributed by atoms with Gasteiger partial charge in [-0.1, -0.05) is 33.1 Å². The zero-order valence-corrected chi connectivity index (χ0v) is 11.7. The van der Waals surface area contributed by atoms with E-state index in [9.17, 15) is 9.90 Å². The van der Waals surface area contributed by atoms with E-state index in [0.717, 1.165) is 38.5 Å². The van der Waals surface area contributed by atoms with E-state index in [-0.39, 0.29) is 17.9 Å². The van der Waals surface area contributed by atoms with Crippen LogP contribution in [0.5, 0.6) is 0 Å². The van der Waals surface area contributed by atoms with E-state index in [1.165, 1.54) is 0 Å². The molecule has 3 unspecified atom stereocenters. The molecule has 0 radical (unpaired) electrons. The Labute approximate surface area is 110 Å². The SMILES string of the molecule is CC(C)CC(CN)C(=O)NC1CCCCCC1O. The standard InChI is InChI=1S/C14H28N2O2/c1-10(2)8-11(9-15)14(18)16-12-6-4-3-5-7-13(12)17/h10-13,17H,3-9,15H2,1-2H3,(H,16,18). The molecule has 1 amide bonds. The summed E-state index contributed by atoms with van der Waals surface area (Å²) in [7, 11) is 0. The van der Waals surface area contributed by atoms with Crippen LogP contribution in [0.15, 0.2) is 0 Å². The molecule has 1 aliphatic carbocycles. The average Bonchev–Trinajstić information content (AvgIpc) is 2.51. The highest BCUT2D eigenvalue weighted by Gasteiger charge is 2.26. The Morgan fingerprint density at radius 3 is 2.61 bits per heavy atom. The Balaban J connectivity index is 2.50. The molecule has 4 nitrogen and oxygen atoms in total. The number of amides is 1. The van der Waals surface area contributed by atoms with Crippen molar-refractivity contribution in [3.8, 4) is 0 Å². The maximum atomic E-state index is 12.1. The molecule has 0 spiro atoms. The van der Waals surface area contributed by atoms with Crippen LogP contribution in [0.4, 0.5) is 0 Å². The maximum absolute atomic E-state index is 12.1. The third-order valence-electron chi connectivity index (χ3n) is 3.72. The number of carbonyl (C=O) groups is 1. The van der Waals surface area contributed by atoms with E-state index >= 15 is 0 Å². The molecule has 1 aliphatic rings. The van der Waals surface area contributed by atoms with E-state index in [1.54, 1.807) is 0 Å². The first-order valence-corrected chi connectivity index (χ1v) is 7.23. The normalized spacial score (nSPS) is 26.7. The number of aliphatic hydroxyl groups is 1. The molecule has 0 aliphatic heterocycles. The van der Waals surface area contributed by atoms with Crippen molar-refractivity contribution in [2.75, 3.05) is 6.54 Å². The number of hydrogen-bond acceptors (Lipinski definition) is 3. The smallest absolute Gasteiger partial charge is 0.224 e. The second-order valence-electron chi connectivity index (χ2n) is 5.88. The van der Waals surface area contributed by atoms with Crippen LogP contribution in [0, 0.1) is 11.8 Å². The van der Waals surface area contributed by atoms with Crippen molar-refractivity contribution in [2.24, 2.45) is 17.6 Å². The van der Waals surface area contributed by atoms with E-state index in [0.29, 0.717) is 12.5 Å². The van der Waals surface area contributed by atoms with Crippen LogP contribution in [0.3, 0.4) is 0 Å². The lowest BCUT2D eigenvalue weighted by Gasteiger charge is -2.25. The van der Waals surface area contributed by atoms with Gasteiger partial charge < -0.3 is 16.2 Å². The first-order valence-electron chi connectivity index (χ1n) is 7.23. The second-order valence-corrected chi connectivity index (χ2v) is 5.88. The van der Waals surface area contributed by atoms with Crippen LogP contribution >= 0.6 is 0 Å². The summed E-state index contributed by atoms with van der Waals surface area (Å²) in [5, 5.41) is 13.0. The third kappa shape index (κ3) is 4.94. The highest BCUT2D eigenvalue weighted by molar-refractivity contribution is 5.79. The Bertz CT molecular complexity index is 256. The van der Waals surface area contributed by atoms with Crippen LogP contribution in [0.25, 0.3) is 0 Å². The minimum atomic E-state index is -0.395. The third-order valence-corrected chi connectivity index (χ3v) is 3.72. The summed E-state index contributed by atoms with van der Waals surface area (Å²) in [6.45, 7) is 4.57. The molecule has 3 atom stereocenters. The highest BCUT2D eigenvalue weighted by atomic mass is 16.3. The van der Waals surface area contributed by atoms with Gasteiger partial charge in [-0.3, -0.25) is 4.79 Å². The van der Waals surface area contributed by atoms with Crippen LogP contribution < -0.4 is 11.1 Å². The van der Waals surface area contributed by atoms with Crippen molar-refractivity contribution < 1.29 is 9.90 Å². The molecule has 4 heteroatoms. The van der Waals surface area contributed by atoms with Gasteiger partial charge in [0.15, 0.2) is 0 Å². The topological polar surface area (TPSA) is 75.4 Å². The lowest BCUT2D eigenvalue weighted by Crippen LogP contribution is -2.46. The molecule has 0 aromatic rings. The largest absolute Gasteiger partial charge is 0.391 e. The molecule has 106 valence electrons. The molecule has 0 bridgehead atoms. The zero-order valence-electron chi connectivity index (χ0n) is 11.7. The van der Waals surface area contributed by atoms with Crippen molar-refractivity contribution in [2.45, 2.75) is 64.5 Å². The van der Waals surface area contributed by atoms with Crippen molar-refractivity contribution in [1.29, 1.82) is 0 Å². The van der Waals surface area contributed by atoms with Gasteiger partial charge in [0, 0.05) is 6.54 Å². The van der Waals surface area contributed by atoms with Crippen LogP contribution in [0.1, 0.15) is 52.4 Å². The Kier molecular flexibility index (Phi) is 6.65. The van der Waals surface area contributed by atoms with Gasteiger partial charge in [-0.2, -0.15) is 0 Å². The molecular formula is C14H28N2O2. The number of carbonyl (C=O) groups excluding carboxylic acids is 1. The summed E-state index contributed by atoms with van der Waals surface area (Å²) in [6.07, 6.45) is 5.38. The predicted molar refractivity (Wildman–Crippen MR) is 73.0 cm³/mol. The lowest BCUT2D eigenvalue weighted by molar-refractivity contribution is -0.126. The minimum Gasteiger partial charge on any atom is -0.391 e. The highest BCUT2D eigenvalue weighted by Crippen LogP contribution is 2.19. The Morgan fingerprint density at radius 2 is 2.00 bits per heavy atom. The minimum absolute atomic E-state index is 0.0112. The fourth-order valence-corrected chi connectivity index (χ4v) is 2.64. The number of rotatable bonds is 5. The summed E-state index contributed by atoms with van der Waals surface area (Å²) < 4.78 is 0. The Morgan fingerprint density at radius 1 is 1.33 bits per heavy atom. The van der Waals surface area contributed by atoms with Crippen LogP contribution in [-0.2, 0) is 4.79 Å². The Hall–Kier alpha value is -0.610. The van der Waals surface area contributed by atoms with Crippen LogP contribution in [-0.4, -0.2) is 29.7 Å². The van der Waals surface area contributed by atoms with E-state index in [1.807, 2.05) is 0 Å². The van der Waals surface area contributed by atoms with E-state index in [2.05, 4.69) is 19.2 Å². The maximum Gasteiger partial charge on any atom is 0.224 e. The predicted octanol–water partition coefficient (Wildman–Crippen LogP) is 1.42. The molecule has 0 saturated heterocycles. The van der Waals surface area contributed by atoms with Crippen molar-refractivity contribution in [1.82, 2.24) is 5.32 Å². The monoisotopic (exact) mass is 256 g/mol. The van der Waals surface area contributed by atoms with Gasteiger partial charge in [-0.15, -0.1) is 0 Å². The number of hydrogen-bond donors (Lipinski definition) is 3. The molecule has 4 N–H and O–H groups in total. The summed E-state index contributed by atoms with van der Waals surface area (Å²) in [5.41, 5.74) is 5.67. The zero-order chi connectivity index (χ0) is 13.5. The summed E-state index contributed by atoms with van der Waals surface area (Å²) >= 11 is 0. The van der Waals surface area contributed by atoms with Crippen molar-refractivity contribution in [3.05, 3.63) is 0 Å². The number of nitrogens with two attached hydrogens (primary N) is 1. The van der Waals surface area contributed by atoms with Gasteiger partial charge in [0.05, 0.1) is 18.1 Å². The summed E-state index contributed by atoms with van der Waals surface area (Å²) in [5.74, 6) is 0.348. The summed E-state index contributed by atoms with van der Waals surface area (Å²) in [6, 6.07) is -0.0822. The molecule has 1 rings (SSSR count). The summed E-state index contributed by atoms with van der Waals surface area (Å²) in [4.78, 5) is 12.1. The van der Waals surface area contributed by atoms with Gasteiger partial charge in [-0.25, -0.2) is 0 Å². The molecule has 1 fully saturated rings. The number of nitrogens with one attached hydrogen (secondary N) is 1. The molecule has 1 saturated carbocycles. The average molecular weight is 256 g/mol. The van der Waals surface area contributed by atoms with Crippen molar-refractivity contribution in [3.63, 3.8) is 0 Å². The molecular weight excluding hydrogens is 228 g/mol. The molecule has 0 aromatic heterocycles. The fourth-order valence-electron chi connectivity index (χ4n) is 2.64. The fraction of sp³-hybridized carbons (Fsp3) is 0.929. The van der Waals surface area contributed by atoms with Gasteiger partial charge in [0.2, 0.25) is 5.91 Å². The quantitative estimate of drug-likeness (QED) is 0.651. The van der Waals surface area contributed by atoms with Gasteiger partial charge in [0.25, 0.3) is 0 Å². The molecule has 0 heterocycles.